The molecule has 1 aliphatic rings. The van der Waals surface area contributed by atoms with Crippen molar-refractivity contribution in [3.8, 4) is 0 Å². The van der Waals surface area contributed by atoms with Crippen molar-refractivity contribution < 1.29 is 17.4 Å². The molecule has 0 bridgehead atoms. The maximum Gasteiger partial charge on any atom is 0.326 e. The number of hydrogen-bond acceptors (Lipinski definition) is 4. The lowest BCUT2D eigenvalue weighted by atomic mass is 10.2. The number of rotatable bonds is 1. The smallest absolute Gasteiger partial charge is 0.234 e. The topological polar surface area (TPSA) is 63.8 Å². The average molecular weight is 388 g/mol. The van der Waals surface area contributed by atoms with Crippen LogP contribution in [0.3, 0.4) is 0 Å². The van der Waals surface area contributed by atoms with Gasteiger partial charge >= 0.3 is 15.2 Å². The Labute approximate surface area is 135 Å². The van der Waals surface area contributed by atoms with E-state index in [4.69, 9.17) is 0 Å². The van der Waals surface area contributed by atoms with Gasteiger partial charge in [0.25, 0.3) is 0 Å². The van der Waals surface area contributed by atoms with Gasteiger partial charge in [0.05, 0.1) is 19.6 Å². The summed E-state index contributed by atoms with van der Waals surface area (Å²) >= 11 is 3.36. The van der Waals surface area contributed by atoms with Crippen molar-refractivity contribution in [2.45, 2.75) is 6.92 Å². The largest absolute Gasteiger partial charge is 0.326 e. The molecule has 3 rings (SSSR count). The van der Waals surface area contributed by atoms with E-state index in [0.29, 0.717) is 15.6 Å². The van der Waals surface area contributed by atoms with Crippen LogP contribution in [0.25, 0.3) is 10.9 Å². The van der Waals surface area contributed by atoms with E-state index in [-0.39, 0.29) is 15.3 Å². The van der Waals surface area contributed by atoms with Gasteiger partial charge in [-0.05, 0) is 46.2 Å². The molecule has 2 heterocycles. The van der Waals surface area contributed by atoms with E-state index in [0.717, 1.165) is 3.97 Å². The van der Waals surface area contributed by atoms with Crippen LogP contribution in [0.4, 0.5) is 4.39 Å². The molecule has 0 fully saturated rings. The third-order valence-corrected chi connectivity index (χ3v) is 5.90. The van der Waals surface area contributed by atoms with Gasteiger partial charge in [0.1, 0.15) is 5.82 Å². The van der Waals surface area contributed by atoms with Crippen LogP contribution in [0.15, 0.2) is 32.8 Å². The maximum absolute atomic E-state index is 13.6. The van der Waals surface area contributed by atoms with E-state index in [1.807, 2.05) is 0 Å². The molecule has 0 aliphatic carbocycles. The second-order valence-corrected chi connectivity index (χ2v) is 7.91. The third-order valence-electron chi connectivity index (χ3n) is 3.30. The number of halogens is 2. The summed E-state index contributed by atoms with van der Waals surface area (Å²) in [6.07, 6.45) is 1.42. The minimum Gasteiger partial charge on any atom is -0.234 e. The van der Waals surface area contributed by atoms with Gasteiger partial charge < -0.3 is 0 Å². The molecule has 0 atom stereocenters. The lowest BCUT2D eigenvalue weighted by Gasteiger charge is -2.10. The van der Waals surface area contributed by atoms with Crippen LogP contribution >= 0.6 is 15.9 Å². The first kappa shape index (κ1) is 15.3. The Morgan fingerprint density at radius 1 is 1.32 bits per heavy atom. The first-order valence-corrected chi connectivity index (χ1v) is 8.57. The molecule has 9 heteroatoms. The lowest BCUT2D eigenvalue weighted by molar-refractivity contribution is -0.796. The summed E-state index contributed by atoms with van der Waals surface area (Å²) in [5.41, 5.74) is 0.690. The second-order valence-electron chi connectivity index (χ2n) is 5.44. The standard InChI is InChI=1S/C13H13BrFN4O2S/c1-8-12(14)10-5-4-9(15)6-11(10)18(8)22(20,21)13-16-7-19(2,3)17-13/h4-7H,1-3H3/q+1. The monoisotopic (exact) mass is 387 g/mol. The number of aromatic nitrogens is 1. The van der Waals surface area contributed by atoms with Gasteiger partial charge in [-0.25, -0.2) is 8.36 Å². The molecule has 0 N–H and O–H groups in total. The molecule has 0 spiro atoms. The van der Waals surface area contributed by atoms with Crippen molar-refractivity contribution in [1.29, 1.82) is 0 Å². The number of amidine groups is 1. The molecule has 0 radical (unpaired) electrons. The number of benzene rings is 1. The minimum absolute atomic E-state index is 0.0116. The van der Waals surface area contributed by atoms with Crippen molar-refractivity contribution in [1.82, 2.24) is 3.97 Å². The Balaban J connectivity index is 2.34. The predicted molar refractivity (Wildman–Crippen MR) is 86.7 cm³/mol. The Kier molecular flexibility index (Phi) is 3.28. The van der Waals surface area contributed by atoms with Crippen molar-refractivity contribution in [3.05, 3.63) is 34.2 Å². The zero-order valence-corrected chi connectivity index (χ0v) is 14.5. The van der Waals surface area contributed by atoms with Gasteiger partial charge in [-0.3, -0.25) is 0 Å². The highest BCUT2D eigenvalue weighted by molar-refractivity contribution is 9.10. The summed E-state index contributed by atoms with van der Waals surface area (Å²) in [6, 6.07) is 4.01. The van der Waals surface area contributed by atoms with E-state index in [1.54, 1.807) is 21.0 Å². The maximum atomic E-state index is 13.6. The molecule has 1 aromatic heterocycles. The van der Waals surface area contributed by atoms with Crippen LogP contribution in [0.2, 0.25) is 0 Å². The predicted octanol–water partition coefficient (Wildman–Crippen LogP) is 2.42. The van der Waals surface area contributed by atoms with Crippen molar-refractivity contribution in [3.63, 3.8) is 0 Å². The minimum atomic E-state index is -4.01. The van der Waals surface area contributed by atoms with E-state index >= 15 is 0 Å². The van der Waals surface area contributed by atoms with Crippen molar-refractivity contribution >= 4 is 48.4 Å². The van der Waals surface area contributed by atoms with Crippen LogP contribution in [-0.2, 0) is 10.0 Å². The van der Waals surface area contributed by atoms with E-state index in [1.165, 1.54) is 24.5 Å². The fourth-order valence-electron chi connectivity index (χ4n) is 2.30. The van der Waals surface area contributed by atoms with Gasteiger partial charge in [-0.1, -0.05) is 0 Å². The number of nitrogens with zero attached hydrogens (tertiary/aromatic N) is 4. The zero-order chi connectivity index (χ0) is 16.3. The quantitative estimate of drug-likeness (QED) is 0.705. The third kappa shape index (κ3) is 2.20. The molecular formula is C13H13BrFN4O2S+. The van der Waals surface area contributed by atoms with Crippen molar-refractivity contribution in [2.24, 2.45) is 10.1 Å². The fraction of sp³-hybridized carbons (Fsp3) is 0.231. The summed E-state index contributed by atoms with van der Waals surface area (Å²) in [6.45, 7) is 1.64. The molecule has 0 saturated carbocycles. The summed E-state index contributed by atoms with van der Waals surface area (Å²) < 4.78 is 40.9. The normalized spacial score (nSPS) is 17.2. The molecule has 2 aromatic rings. The van der Waals surface area contributed by atoms with E-state index in [9.17, 15) is 12.8 Å². The first-order valence-electron chi connectivity index (χ1n) is 6.34. The number of quaternary nitrogens is 1. The SMILES string of the molecule is Cc1c(Br)c2ccc(F)cc2n1S(=O)(=O)C1=N[N+](C)(C)C=N1. The van der Waals surface area contributed by atoms with Crippen LogP contribution in [-0.4, -0.2) is 42.6 Å². The number of fused-ring (bicyclic) bond motifs is 1. The van der Waals surface area contributed by atoms with Gasteiger partial charge in [-0.15, -0.1) is 0 Å². The summed E-state index contributed by atoms with van der Waals surface area (Å²) in [7, 11) is -0.613. The average Bonchev–Trinajstić information content (AvgIpc) is 2.89. The Hall–Kier alpha value is -1.58. The van der Waals surface area contributed by atoms with E-state index in [2.05, 4.69) is 26.0 Å². The van der Waals surface area contributed by atoms with Crippen LogP contribution < -0.4 is 0 Å². The Morgan fingerprint density at radius 2 is 2.00 bits per heavy atom. The molecule has 116 valence electrons. The fourth-order valence-corrected chi connectivity index (χ4v) is 4.44. The molecule has 22 heavy (non-hydrogen) atoms. The zero-order valence-electron chi connectivity index (χ0n) is 12.1. The molecule has 0 amide bonds. The molecule has 0 saturated heterocycles. The Bertz CT molecular complexity index is 960. The molecule has 0 unspecified atom stereocenters. The lowest BCUT2D eigenvalue weighted by Crippen LogP contribution is -2.29. The van der Waals surface area contributed by atoms with Gasteiger partial charge in [-0.2, -0.15) is 18.0 Å². The molecule has 1 aliphatic heterocycles. The Morgan fingerprint density at radius 3 is 2.59 bits per heavy atom. The second kappa shape index (κ2) is 4.71. The first-order chi connectivity index (χ1) is 10.1. The van der Waals surface area contributed by atoms with Gasteiger partial charge in [0.15, 0.2) is 0 Å². The van der Waals surface area contributed by atoms with Crippen LogP contribution in [0, 0.1) is 12.7 Å². The summed E-state index contributed by atoms with van der Waals surface area (Å²) in [5.74, 6) is -0.512. The molecule has 1 aromatic carbocycles. The van der Waals surface area contributed by atoms with Crippen LogP contribution in [0.1, 0.15) is 5.69 Å². The summed E-state index contributed by atoms with van der Waals surface area (Å²) in [4.78, 5) is 3.90. The summed E-state index contributed by atoms with van der Waals surface area (Å²) in [5, 5.41) is 4.38. The highest BCUT2D eigenvalue weighted by Gasteiger charge is 2.34. The van der Waals surface area contributed by atoms with E-state index < -0.39 is 15.8 Å². The number of aliphatic imine (C=N–C) groups is 1. The van der Waals surface area contributed by atoms with Crippen molar-refractivity contribution in [2.75, 3.05) is 14.1 Å². The molecular weight excluding hydrogens is 375 g/mol. The van der Waals surface area contributed by atoms with Gasteiger partial charge in [0, 0.05) is 15.6 Å². The highest BCUT2D eigenvalue weighted by atomic mass is 79.9. The van der Waals surface area contributed by atoms with Crippen LogP contribution in [0.5, 0.6) is 0 Å². The molecule has 6 nitrogen and oxygen atoms in total. The number of hydrogen-bond donors (Lipinski definition) is 0. The highest BCUT2D eigenvalue weighted by Crippen LogP contribution is 2.33. The van der Waals surface area contributed by atoms with Gasteiger partial charge in [0.2, 0.25) is 6.34 Å².